The normalized spacial score (nSPS) is 10.3. The van der Waals surface area contributed by atoms with Crippen LogP contribution in [0.15, 0.2) is 72.8 Å². The summed E-state index contributed by atoms with van der Waals surface area (Å²) in [6.45, 7) is -0.146. The number of halogens is 2. The predicted molar refractivity (Wildman–Crippen MR) is 116 cm³/mol. The third-order valence-electron chi connectivity index (χ3n) is 3.91. The van der Waals surface area contributed by atoms with Crippen LogP contribution in [0, 0.1) is 0 Å². The first-order valence-corrected chi connectivity index (χ1v) is 9.57. The maximum Gasteiger partial charge on any atom is 0.262 e. The molecule has 0 heterocycles. The van der Waals surface area contributed by atoms with E-state index in [1.165, 1.54) is 0 Å². The van der Waals surface area contributed by atoms with Gasteiger partial charge in [-0.15, -0.1) is 0 Å². The average molecular weight is 429 g/mol. The zero-order valence-corrected chi connectivity index (χ0v) is 16.8. The Bertz CT molecular complexity index is 1010. The van der Waals surface area contributed by atoms with E-state index in [0.717, 1.165) is 0 Å². The van der Waals surface area contributed by atoms with Crippen molar-refractivity contribution in [3.8, 4) is 5.75 Å². The molecule has 2 amide bonds. The molecule has 0 bridgehead atoms. The Hall–Kier alpha value is -3.02. The van der Waals surface area contributed by atoms with Crippen molar-refractivity contribution >= 4 is 46.4 Å². The number of para-hydroxylation sites is 1. The molecule has 0 aromatic heterocycles. The molecular weight excluding hydrogens is 411 g/mol. The molecule has 0 fully saturated rings. The van der Waals surface area contributed by atoms with Gasteiger partial charge in [0.25, 0.3) is 5.91 Å². The van der Waals surface area contributed by atoms with Crippen LogP contribution >= 0.6 is 23.2 Å². The minimum absolute atomic E-state index is 0.112. The average Bonchev–Trinajstić information content (AvgIpc) is 2.70. The van der Waals surface area contributed by atoms with Gasteiger partial charge in [-0.2, -0.15) is 0 Å². The van der Waals surface area contributed by atoms with Gasteiger partial charge in [-0.1, -0.05) is 53.5 Å². The van der Waals surface area contributed by atoms with Crippen molar-refractivity contribution in [3.63, 3.8) is 0 Å². The number of carbonyl (C=O) groups is 2. The maximum atomic E-state index is 12.3. The lowest BCUT2D eigenvalue weighted by Gasteiger charge is -2.10. The molecule has 7 heteroatoms. The fraction of sp³-hybridized carbons (Fsp3) is 0.0909. The molecule has 5 nitrogen and oxygen atoms in total. The fourth-order valence-electron chi connectivity index (χ4n) is 2.57. The number of ether oxygens (including phenoxy) is 1. The zero-order chi connectivity index (χ0) is 20.6. The molecule has 0 spiro atoms. The molecule has 0 saturated carbocycles. The summed E-state index contributed by atoms with van der Waals surface area (Å²) in [4.78, 5) is 24.3. The second-order valence-electron chi connectivity index (χ2n) is 6.19. The van der Waals surface area contributed by atoms with Crippen LogP contribution in [0.1, 0.15) is 5.56 Å². The van der Waals surface area contributed by atoms with Crippen molar-refractivity contribution < 1.29 is 14.3 Å². The van der Waals surface area contributed by atoms with Crippen molar-refractivity contribution in [2.75, 3.05) is 17.2 Å². The van der Waals surface area contributed by atoms with E-state index < -0.39 is 0 Å². The SMILES string of the molecule is O=C(COc1cccc(NC(=O)Cc2ccc(Cl)cc2Cl)c1)Nc1ccccc1. The number of rotatable bonds is 7. The first kappa shape index (κ1) is 20.7. The Kier molecular flexibility index (Phi) is 7.11. The van der Waals surface area contributed by atoms with E-state index in [9.17, 15) is 9.59 Å². The highest BCUT2D eigenvalue weighted by atomic mass is 35.5. The summed E-state index contributed by atoms with van der Waals surface area (Å²) < 4.78 is 5.51. The fourth-order valence-corrected chi connectivity index (χ4v) is 3.05. The molecule has 3 aromatic rings. The van der Waals surface area contributed by atoms with Crippen LogP contribution in [0.2, 0.25) is 10.0 Å². The first-order valence-electron chi connectivity index (χ1n) is 8.81. The van der Waals surface area contributed by atoms with Gasteiger partial charge in [0.15, 0.2) is 6.61 Å². The number of nitrogens with one attached hydrogen (secondary N) is 2. The van der Waals surface area contributed by atoms with Crippen LogP contribution in [0.25, 0.3) is 0 Å². The van der Waals surface area contributed by atoms with Gasteiger partial charge >= 0.3 is 0 Å². The molecule has 0 atom stereocenters. The van der Waals surface area contributed by atoms with Gasteiger partial charge in [0, 0.05) is 27.5 Å². The smallest absolute Gasteiger partial charge is 0.262 e. The van der Waals surface area contributed by atoms with Gasteiger partial charge in [-0.25, -0.2) is 0 Å². The predicted octanol–water partition coefficient (Wildman–Crippen LogP) is 5.19. The Labute approximate surface area is 178 Å². The lowest BCUT2D eigenvalue weighted by atomic mass is 10.1. The molecule has 0 aliphatic carbocycles. The highest BCUT2D eigenvalue weighted by molar-refractivity contribution is 6.35. The van der Waals surface area contributed by atoms with E-state index in [-0.39, 0.29) is 24.8 Å². The minimum Gasteiger partial charge on any atom is -0.484 e. The molecule has 148 valence electrons. The van der Waals surface area contributed by atoms with Crippen LogP contribution in [0.5, 0.6) is 5.75 Å². The first-order chi connectivity index (χ1) is 14.0. The quantitative estimate of drug-likeness (QED) is 0.543. The second-order valence-corrected chi connectivity index (χ2v) is 7.04. The molecule has 0 aliphatic rings. The summed E-state index contributed by atoms with van der Waals surface area (Å²) in [6.07, 6.45) is 0.112. The number of hydrogen-bond acceptors (Lipinski definition) is 3. The van der Waals surface area contributed by atoms with Crippen LogP contribution in [-0.4, -0.2) is 18.4 Å². The van der Waals surface area contributed by atoms with Crippen molar-refractivity contribution in [2.45, 2.75) is 6.42 Å². The van der Waals surface area contributed by atoms with Crippen molar-refractivity contribution in [3.05, 3.63) is 88.4 Å². The standard InChI is InChI=1S/C22H18Cl2N2O3/c23-16-10-9-15(20(24)12-16)11-21(27)26-18-7-4-8-19(13-18)29-14-22(28)25-17-5-2-1-3-6-17/h1-10,12-13H,11,14H2,(H,25,28)(H,26,27). The van der Waals surface area contributed by atoms with Gasteiger partial charge in [-0.05, 0) is 42.0 Å². The molecule has 0 unspecified atom stereocenters. The third kappa shape index (κ3) is 6.52. The third-order valence-corrected chi connectivity index (χ3v) is 4.50. The summed E-state index contributed by atoms with van der Waals surface area (Å²) in [5, 5.41) is 6.48. The van der Waals surface area contributed by atoms with E-state index in [1.54, 1.807) is 54.6 Å². The Balaban J connectivity index is 1.53. The number of amides is 2. The van der Waals surface area contributed by atoms with Crippen LogP contribution < -0.4 is 15.4 Å². The van der Waals surface area contributed by atoms with Gasteiger partial charge < -0.3 is 15.4 Å². The van der Waals surface area contributed by atoms with E-state index in [2.05, 4.69) is 10.6 Å². The van der Waals surface area contributed by atoms with E-state index in [1.807, 2.05) is 18.2 Å². The summed E-state index contributed by atoms with van der Waals surface area (Å²) in [7, 11) is 0. The van der Waals surface area contributed by atoms with Gasteiger partial charge in [0.1, 0.15) is 5.75 Å². The molecular formula is C22H18Cl2N2O3. The number of hydrogen-bond donors (Lipinski definition) is 2. The Morgan fingerprint density at radius 1 is 0.793 bits per heavy atom. The summed E-state index contributed by atoms with van der Waals surface area (Å²) >= 11 is 12.0. The second kappa shape index (κ2) is 9.96. The lowest BCUT2D eigenvalue weighted by molar-refractivity contribution is -0.118. The van der Waals surface area contributed by atoms with Gasteiger partial charge in [0.2, 0.25) is 5.91 Å². The van der Waals surface area contributed by atoms with E-state index in [0.29, 0.717) is 32.7 Å². The van der Waals surface area contributed by atoms with Crippen molar-refractivity contribution in [2.24, 2.45) is 0 Å². The topological polar surface area (TPSA) is 67.4 Å². The molecule has 3 rings (SSSR count). The highest BCUT2D eigenvalue weighted by Crippen LogP contribution is 2.22. The zero-order valence-electron chi connectivity index (χ0n) is 15.3. The Morgan fingerprint density at radius 3 is 2.28 bits per heavy atom. The Morgan fingerprint density at radius 2 is 1.52 bits per heavy atom. The largest absolute Gasteiger partial charge is 0.484 e. The van der Waals surface area contributed by atoms with Gasteiger partial charge in [0.05, 0.1) is 6.42 Å². The minimum atomic E-state index is -0.275. The molecule has 2 N–H and O–H groups in total. The van der Waals surface area contributed by atoms with Crippen LogP contribution in [0.4, 0.5) is 11.4 Å². The highest BCUT2D eigenvalue weighted by Gasteiger charge is 2.09. The van der Waals surface area contributed by atoms with Crippen molar-refractivity contribution in [1.29, 1.82) is 0 Å². The summed E-state index contributed by atoms with van der Waals surface area (Å²) in [5.41, 5.74) is 1.93. The number of anilines is 2. The molecule has 0 aliphatic heterocycles. The van der Waals surface area contributed by atoms with Gasteiger partial charge in [-0.3, -0.25) is 9.59 Å². The number of carbonyl (C=O) groups excluding carboxylic acids is 2. The van der Waals surface area contributed by atoms with E-state index >= 15 is 0 Å². The van der Waals surface area contributed by atoms with Crippen LogP contribution in [0.3, 0.4) is 0 Å². The van der Waals surface area contributed by atoms with E-state index in [4.69, 9.17) is 27.9 Å². The van der Waals surface area contributed by atoms with Crippen LogP contribution in [-0.2, 0) is 16.0 Å². The molecule has 29 heavy (non-hydrogen) atoms. The number of benzene rings is 3. The molecule has 0 saturated heterocycles. The monoisotopic (exact) mass is 428 g/mol. The lowest BCUT2D eigenvalue weighted by Crippen LogP contribution is -2.20. The molecule has 0 radical (unpaired) electrons. The summed E-state index contributed by atoms with van der Waals surface area (Å²) in [6, 6.07) is 20.9. The summed E-state index contributed by atoms with van der Waals surface area (Å²) in [5.74, 6) is -0.0354. The van der Waals surface area contributed by atoms with Crippen molar-refractivity contribution in [1.82, 2.24) is 0 Å². The maximum absolute atomic E-state index is 12.3. The molecule has 3 aromatic carbocycles.